The summed E-state index contributed by atoms with van der Waals surface area (Å²) in [7, 11) is 4.12. The van der Waals surface area contributed by atoms with Gasteiger partial charge in [0.05, 0.1) is 0 Å². The molecule has 1 unspecified atom stereocenters. The number of likely N-dealkylation sites (N-methyl/N-ethyl adjacent to an activating group) is 1. The number of carboxylic acids is 1. The van der Waals surface area contributed by atoms with E-state index in [0.29, 0.717) is 12.0 Å². The molecule has 0 saturated carbocycles. The molecule has 2 rings (SSSR count). The molecule has 1 atom stereocenters. The van der Waals surface area contributed by atoms with Crippen LogP contribution in [0.5, 0.6) is 0 Å². The lowest BCUT2D eigenvalue weighted by atomic mass is 10.1. The molecule has 98 valence electrons. The van der Waals surface area contributed by atoms with E-state index in [1.807, 2.05) is 0 Å². The van der Waals surface area contributed by atoms with Crippen molar-refractivity contribution in [2.45, 2.75) is 18.9 Å². The third-order valence-electron chi connectivity index (χ3n) is 3.27. The molecule has 0 amide bonds. The highest BCUT2D eigenvalue weighted by molar-refractivity contribution is 5.85. The fraction of sp³-hybridized carbons (Fsp3) is 0.583. The van der Waals surface area contributed by atoms with Crippen LogP contribution in [0.3, 0.4) is 0 Å². The molecule has 1 fully saturated rings. The summed E-state index contributed by atoms with van der Waals surface area (Å²) >= 11 is 0. The van der Waals surface area contributed by atoms with Gasteiger partial charge >= 0.3 is 5.97 Å². The maximum atomic E-state index is 10.9. The zero-order valence-electron chi connectivity index (χ0n) is 10.7. The van der Waals surface area contributed by atoms with Crippen LogP contribution in [0.2, 0.25) is 0 Å². The molecule has 1 aliphatic heterocycles. The number of nitrogens with zero attached hydrogens (tertiary/aromatic N) is 4. The lowest BCUT2D eigenvalue weighted by Gasteiger charge is -2.36. The van der Waals surface area contributed by atoms with E-state index in [0.717, 1.165) is 25.9 Å². The van der Waals surface area contributed by atoms with Gasteiger partial charge in [0.25, 0.3) is 0 Å². The van der Waals surface area contributed by atoms with Gasteiger partial charge in [0, 0.05) is 25.3 Å². The van der Waals surface area contributed by atoms with Gasteiger partial charge in [-0.3, -0.25) is 0 Å². The number of hydrogen-bond donors (Lipinski definition) is 1. The van der Waals surface area contributed by atoms with Crippen LogP contribution in [0, 0.1) is 0 Å². The van der Waals surface area contributed by atoms with Crippen molar-refractivity contribution in [1.29, 1.82) is 0 Å². The number of hydrogen-bond acceptors (Lipinski definition) is 5. The number of carboxylic acid groups (broad SMARTS) is 1. The Bertz CT molecular complexity index is 436. The summed E-state index contributed by atoms with van der Waals surface area (Å²) in [4.78, 5) is 23.4. The van der Waals surface area contributed by atoms with Crippen molar-refractivity contribution in [3.63, 3.8) is 0 Å². The molecule has 0 aliphatic carbocycles. The SMILES string of the molecule is CN(C)C1CCCN(c2nccc(C(=O)O)n2)C1. The minimum absolute atomic E-state index is 0.0481. The van der Waals surface area contributed by atoms with Crippen molar-refractivity contribution in [3.8, 4) is 0 Å². The molecule has 0 radical (unpaired) electrons. The fourth-order valence-corrected chi connectivity index (χ4v) is 2.18. The van der Waals surface area contributed by atoms with Gasteiger partial charge < -0.3 is 14.9 Å². The van der Waals surface area contributed by atoms with E-state index in [1.54, 1.807) is 0 Å². The second kappa shape index (κ2) is 5.30. The maximum Gasteiger partial charge on any atom is 0.354 e. The zero-order chi connectivity index (χ0) is 13.1. The molecule has 0 bridgehead atoms. The van der Waals surface area contributed by atoms with E-state index >= 15 is 0 Å². The van der Waals surface area contributed by atoms with E-state index in [2.05, 4.69) is 33.9 Å². The van der Waals surface area contributed by atoms with Crippen LogP contribution in [0.4, 0.5) is 5.95 Å². The second-order valence-electron chi connectivity index (χ2n) is 4.75. The van der Waals surface area contributed by atoms with E-state index in [1.165, 1.54) is 12.3 Å². The number of aromatic nitrogens is 2. The number of anilines is 1. The standard InChI is InChI=1S/C12H18N4O2/c1-15(2)9-4-3-7-16(8-9)12-13-6-5-10(14-12)11(17)18/h5-6,9H,3-4,7-8H2,1-2H3,(H,17,18). The molecular weight excluding hydrogens is 232 g/mol. The molecule has 1 N–H and O–H groups in total. The molecule has 0 aromatic carbocycles. The topological polar surface area (TPSA) is 69.6 Å². The highest BCUT2D eigenvalue weighted by Crippen LogP contribution is 2.18. The third kappa shape index (κ3) is 2.76. The number of rotatable bonds is 3. The summed E-state index contributed by atoms with van der Waals surface area (Å²) in [6.07, 6.45) is 3.73. The van der Waals surface area contributed by atoms with Crippen molar-refractivity contribution < 1.29 is 9.90 Å². The van der Waals surface area contributed by atoms with E-state index in [-0.39, 0.29) is 5.69 Å². The normalized spacial score (nSPS) is 20.2. The van der Waals surface area contributed by atoms with E-state index in [4.69, 9.17) is 5.11 Å². The predicted molar refractivity (Wildman–Crippen MR) is 67.9 cm³/mol. The van der Waals surface area contributed by atoms with Crippen LogP contribution >= 0.6 is 0 Å². The lowest BCUT2D eigenvalue weighted by Crippen LogP contribution is -2.45. The van der Waals surface area contributed by atoms with Gasteiger partial charge in [-0.25, -0.2) is 14.8 Å². The van der Waals surface area contributed by atoms with Gasteiger partial charge in [-0.05, 0) is 33.0 Å². The van der Waals surface area contributed by atoms with Gasteiger partial charge in [-0.15, -0.1) is 0 Å². The first-order valence-electron chi connectivity index (χ1n) is 6.05. The van der Waals surface area contributed by atoms with E-state index in [9.17, 15) is 4.79 Å². The third-order valence-corrected chi connectivity index (χ3v) is 3.27. The zero-order valence-corrected chi connectivity index (χ0v) is 10.7. The van der Waals surface area contributed by atoms with Crippen molar-refractivity contribution in [3.05, 3.63) is 18.0 Å². The Morgan fingerprint density at radius 2 is 2.33 bits per heavy atom. The van der Waals surface area contributed by atoms with Crippen LogP contribution in [0.15, 0.2) is 12.3 Å². The highest BCUT2D eigenvalue weighted by Gasteiger charge is 2.23. The van der Waals surface area contributed by atoms with Crippen LogP contribution in [-0.2, 0) is 0 Å². The molecule has 6 heteroatoms. The number of carbonyl (C=O) groups is 1. The fourth-order valence-electron chi connectivity index (χ4n) is 2.18. The second-order valence-corrected chi connectivity index (χ2v) is 4.75. The summed E-state index contributed by atoms with van der Waals surface area (Å²) in [6.45, 7) is 1.73. The lowest BCUT2D eigenvalue weighted by molar-refractivity contribution is 0.0690. The maximum absolute atomic E-state index is 10.9. The average Bonchev–Trinajstić information content (AvgIpc) is 2.39. The van der Waals surface area contributed by atoms with Gasteiger partial charge in [0.15, 0.2) is 5.69 Å². The molecule has 2 heterocycles. The van der Waals surface area contributed by atoms with Crippen molar-refractivity contribution in [1.82, 2.24) is 14.9 Å². The largest absolute Gasteiger partial charge is 0.477 e. The Morgan fingerprint density at radius 1 is 1.56 bits per heavy atom. The Morgan fingerprint density at radius 3 is 3.00 bits per heavy atom. The summed E-state index contributed by atoms with van der Waals surface area (Å²) < 4.78 is 0. The summed E-state index contributed by atoms with van der Waals surface area (Å²) in [5.41, 5.74) is 0.0481. The number of aromatic carboxylic acids is 1. The van der Waals surface area contributed by atoms with Crippen molar-refractivity contribution in [2.24, 2.45) is 0 Å². The molecular formula is C12H18N4O2. The number of piperidine rings is 1. The Hall–Kier alpha value is -1.69. The highest BCUT2D eigenvalue weighted by atomic mass is 16.4. The molecule has 1 saturated heterocycles. The summed E-state index contributed by atoms with van der Waals surface area (Å²) in [5, 5.41) is 8.93. The molecule has 1 aliphatic rings. The van der Waals surface area contributed by atoms with Gasteiger partial charge in [-0.2, -0.15) is 0 Å². The smallest absolute Gasteiger partial charge is 0.354 e. The Balaban J connectivity index is 2.15. The Labute approximate surface area is 106 Å². The predicted octanol–water partition coefficient (Wildman–Crippen LogP) is 0.705. The monoisotopic (exact) mass is 250 g/mol. The molecule has 1 aromatic heterocycles. The van der Waals surface area contributed by atoms with Crippen LogP contribution in [0.1, 0.15) is 23.3 Å². The molecule has 6 nitrogen and oxygen atoms in total. The van der Waals surface area contributed by atoms with E-state index < -0.39 is 5.97 Å². The van der Waals surface area contributed by atoms with Crippen molar-refractivity contribution >= 4 is 11.9 Å². The van der Waals surface area contributed by atoms with Gasteiger partial charge in [0.1, 0.15) is 0 Å². The first-order chi connectivity index (χ1) is 8.58. The van der Waals surface area contributed by atoms with Crippen molar-refractivity contribution in [2.75, 3.05) is 32.1 Å². The molecule has 1 aromatic rings. The first-order valence-corrected chi connectivity index (χ1v) is 6.05. The van der Waals surface area contributed by atoms with Gasteiger partial charge in [-0.1, -0.05) is 0 Å². The van der Waals surface area contributed by atoms with Gasteiger partial charge in [0.2, 0.25) is 5.95 Å². The van der Waals surface area contributed by atoms with Crippen LogP contribution in [-0.4, -0.2) is 59.2 Å². The summed E-state index contributed by atoms with van der Waals surface area (Å²) in [6, 6.07) is 1.88. The van der Waals surface area contributed by atoms with Crippen LogP contribution < -0.4 is 4.90 Å². The molecule has 0 spiro atoms. The van der Waals surface area contributed by atoms with Crippen LogP contribution in [0.25, 0.3) is 0 Å². The first kappa shape index (κ1) is 12.8. The summed E-state index contributed by atoms with van der Waals surface area (Å²) in [5.74, 6) is -0.499. The quantitative estimate of drug-likeness (QED) is 0.852. The average molecular weight is 250 g/mol. The minimum Gasteiger partial charge on any atom is -0.477 e. The Kier molecular flexibility index (Phi) is 3.76. The molecule has 18 heavy (non-hydrogen) atoms. The minimum atomic E-state index is -1.01.